The Kier molecular flexibility index (Phi) is 6.07. The minimum atomic E-state index is 0.461. The third-order valence-corrected chi connectivity index (χ3v) is 4.86. The summed E-state index contributed by atoms with van der Waals surface area (Å²) in [7, 11) is 1.77. The van der Waals surface area contributed by atoms with E-state index in [0.717, 1.165) is 12.4 Å². The molecule has 2 aromatic rings. The van der Waals surface area contributed by atoms with Crippen LogP contribution < -0.4 is 0 Å². The summed E-state index contributed by atoms with van der Waals surface area (Å²) >= 11 is 6.29. The van der Waals surface area contributed by atoms with Crippen LogP contribution in [0.25, 0.3) is 0 Å². The van der Waals surface area contributed by atoms with Gasteiger partial charge in [-0.15, -0.1) is 0 Å². The van der Waals surface area contributed by atoms with E-state index in [1.807, 2.05) is 11.8 Å². The molecule has 6 heteroatoms. The SMILES string of the molecule is CCn1c(C)nc(C(C)C)c1Sc1ccccc1.CN1OC1=S. The summed E-state index contributed by atoms with van der Waals surface area (Å²) < 4.78 is 2.30. The van der Waals surface area contributed by atoms with Gasteiger partial charge in [-0.05, 0) is 44.1 Å². The Balaban J connectivity index is 0.000000326. The molecule has 1 fully saturated rings. The lowest BCUT2D eigenvalue weighted by Gasteiger charge is -2.10. The Bertz CT molecular complexity index is 668. The summed E-state index contributed by atoms with van der Waals surface area (Å²) in [6, 6.07) is 10.5. The summed E-state index contributed by atoms with van der Waals surface area (Å²) in [5, 5.41) is 3.40. The van der Waals surface area contributed by atoms with E-state index in [2.05, 4.69) is 79.6 Å². The largest absolute Gasteiger partial charge is 0.342 e. The zero-order chi connectivity index (χ0) is 17.0. The number of thiocarbonyl (C=S) groups is 1. The summed E-state index contributed by atoms with van der Waals surface area (Å²) in [5.74, 6) is 1.57. The fraction of sp³-hybridized carbons (Fsp3) is 0.412. The minimum Gasteiger partial charge on any atom is -0.342 e. The van der Waals surface area contributed by atoms with E-state index in [4.69, 9.17) is 4.98 Å². The number of hydrogen-bond acceptors (Lipinski definition) is 4. The Morgan fingerprint density at radius 3 is 2.26 bits per heavy atom. The van der Waals surface area contributed by atoms with Crippen LogP contribution in [0.1, 0.15) is 38.2 Å². The number of nitrogens with zero attached hydrogens (tertiary/aromatic N) is 3. The van der Waals surface area contributed by atoms with Crippen molar-refractivity contribution in [3.63, 3.8) is 0 Å². The number of imidazole rings is 1. The minimum absolute atomic E-state index is 0.461. The van der Waals surface area contributed by atoms with E-state index in [9.17, 15) is 0 Å². The lowest BCUT2D eigenvalue weighted by Crippen LogP contribution is -1.99. The van der Waals surface area contributed by atoms with Crippen molar-refractivity contribution in [1.29, 1.82) is 0 Å². The topological polar surface area (TPSA) is 33.4 Å². The molecule has 0 radical (unpaired) electrons. The molecule has 0 unspecified atom stereocenters. The van der Waals surface area contributed by atoms with Gasteiger partial charge in [0.25, 0.3) is 0 Å². The van der Waals surface area contributed by atoms with Gasteiger partial charge in [0.15, 0.2) is 0 Å². The van der Waals surface area contributed by atoms with E-state index in [-0.39, 0.29) is 0 Å². The van der Waals surface area contributed by atoms with Crippen molar-refractivity contribution in [1.82, 2.24) is 14.6 Å². The van der Waals surface area contributed by atoms with Crippen LogP contribution in [-0.2, 0) is 11.4 Å². The second-order valence-corrected chi connectivity index (χ2v) is 6.93. The average Bonchev–Trinajstić information content (AvgIpc) is 3.06. The van der Waals surface area contributed by atoms with Crippen LogP contribution in [0.2, 0.25) is 0 Å². The molecule has 0 aliphatic carbocycles. The van der Waals surface area contributed by atoms with Gasteiger partial charge in [0.1, 0.15) is 10.9 Å². The van der Waals surface area contributed by atoms with Crippen LogP contribution in [0, 0.1) is 6.92 Å². The van der Waals surface area contributed by atoms with E-state index in [0.29, 0.717) is 11.1 Å². The Labute approximate surface area is 147 Å². The quantitative estimate of drug-likeness (QED) is 0.593. The summed E-state index contributed by atoms with van der Waals surface area (Å²) in [6.45, 7) is 9.65. The maximum absolute atomic E-state index is 4.72. The van der Waals surface area contributed by atoms with Gasteiger partial charge in [0.05, 0.1) is 5.69 Å². The molecule has 1 aliphatic rings. The molecule has 1 aliphatic heterocycles. The maximum atomic E-state index is 4.72. The van der Waals surface area contributed by atoms with Gasteiger partial charge < -0.3 is 9.40 Å². The molecular weight excluding hydrogens is 326 g/mol. The van der Waals surface area contributed by atoms with Gasteiger partial charge >= 0.3 is 5.17 Å². The Morgan fingerprint density at radius 2 is 1.83 bits per heavy atom. The third kappa shape index (κ3) is 4.72. The maximum Gasteiger partial charge on any atom is 0.322 e. The smallest absolute Gasteiger partial charge is 0.322 e. The van der Waals surface area contributed by atoms with Crippen LogP contribution in [0.3, 0.4) is 0 Å². The standard InChI is InChI=1S/C15H20N2S.C2H3NOS/c1-5-17-12(4)16-14(11(2)3)15(17)18-13-9-7-6-8-10-13;1-3-2(5)4-3/h6-11H,5H2,1-4H3;1H3. The molecule has 0 N–H and O–H groups in total. The van der Waals surface area contributed by atoms with Crippen molar-refractivity contribution in [2.75, 3.05) is 7.05 Å². The molecule has 2 heterocycles. The van der Waals surface area contributed by atoms with Gasteiger partial charge in [-0.3, -0.25) is 0 Å². The highest BCUT2D eigenvalue weighted by Gasteiger charge is 2.21. The zero-order valence-corrected chi connectivity index (χ0v) is 15.9. The molecule has 0 bridgehead atoms. The second-order valence-electron chi connectivity index (χ2n) is 5.52. The molecule has 1 aromatic carbocycles. The van der Waals surface area contributed by atoms with Crippen molar-refractivity contribution in [3.05, 3.63) is 41.9 Å². The highest BCUT2D eigenvalue weighted by molar-refractivity contribution is 7.99. The molecule has 4 nitrogen and oxygen atoms in total. The predicted octanol–water partition coefficient (Wildman–Crippen LogP) is 4.63. The second kappa shape index (κ2) is 7.84. The normalized spacial score (nSPS) is 12.8. The van der Waals surface area contributed by atoms with E-state index < -0.39 is 0 Å². The molecule has 0 spiro atoms. The Hall–Kier alpha value is -1.53. The summed E-state index contributed by atoms with van der Waals surface area (Å²) in [6.07, 6.45) is 0. The number of hydrogen-bond donors (Lipinski definition) is 0. The monoisotopic (exact) mass is 349 g/mol. The molecule has 0 atom stereocenters. The van der Waals surface area contributed by atoms with Gasteiger partial charge in [0.2, 0.25) is 0 Å². The molecule has 23 heavy (non-hydrogen) atoms. The number of rotatable bonds is 4. The van der Waals surface area contributed by atoms with Gasteiger partial charge in [0, 0.05) is 18.5 Å². The number of aromatic nitrogens is 2. The van der Waals surface area contributed by atoms with Crippen LogP contribution in [0.4, 0.5) is 0 Å². The van der Waals surface area contributed by atoms with Crippen molar-refractivity contribution in [3.8, 4) is 0 Å². The van der Waals surface area contributed by atoms with Crippen molar-refractivity contribution in [2.45, 2.75) is 50.1 Å². The summed E-state index contributed by atoms with van der Waals surface area (Å²) in [4.78, 5) is 10.5. The molecule has 124 valence electrons. The zero-order valence-electron chi connectivity index (χ0n) is 14.2. The fourth-order valence-electron chi connectivity index (χ4n) is 2.12. The first-order chi connectivity index (χ1) is 10.9. The molecule has 0 amide bonds. The van der Waals surface area contributed by atoms with Gasteiger partial charge in [-0.2, -0.15) is 5.06 Å². The number of hydroxylamine groups is 2. The third-order valence-electron chi connectivity index (χ3n) is 3.40. The van der Waals surface area contributed by atoms with Crippen LogP contribution >= 0.6 is 24.0 Å². The molecular formula is C17H23N3OS2. The molecule has 1 aromatic heterocycles. The first-order valence-electron chi connectivity index (χ1n) is 7.69. The molecule has 1 saturated heterocycles. The van der Waals surface area contributed by atoms with Crippen molar-refractivity contribution < 1.29 is 4.84 Å². The fourth-order valence-corrected chi connectivity index (χ4v) is 3.51. The summed E-state index contributed by atoms with van der Waals surface area (Å²) in [5.41, 5.74) is 1.21. The van der Waals surface area contributed by atoms with Crippen LogP contribution in [-0.4, -0.2) is 26.8 Å². The first-order valence-corrected chi connectivity index (χ1v) is 8.92. The van der Waals surface area contributed by atoms with E-state index >= 15 is 0 Å². The number of benzene rings is 1. The van der Waals surface area contributed by atoms with E-state index in [1.54, 1.807) is 7.05 Å². The number of aryl methyl sites for hydroxylation is 1. The first kappa shape index (κ1) is 17.8. The highest BCUT2D eigenvalue weighted by Crippen LogP contribution is 2.34. The highest BCUT2D eigenvalue weighted by atomic mass is 32.2. The lowest BCUT2D eigenvalue weighted by molar-refractivity contribution is 0.243. The van der Waals surface area contributed by atoms with E-state index in [1.165, 1.54) is 20.7 Å². The van der Waals surface area contributed by atoms with Gasteiger partial charge in [-0.1, -0.05) is 43.8 Å². The predicted molar refractivity (Wildman–Crippen MR) is 98.7 cm³/mol. The Morgan fingerprint density at radius 1 is 1.26 bits per heavy atom. The van der Waals surface area contributed by atoms with Crippen molar-refractivity contribution >= 4 is 29.2 Å². The van der Waals surface area contributed by atoms with Crippen molar-refractivity contribution in [2.24, 2.45) is 0 Å². The average molecular weight is 350 g/mol. The van der Waals surface area contributed by atoms with Gasteiger partial charge in [-0.25, -0.2) is 4.98 Å². The molecule has 3 rings (SSSR count). The molecule has 0 saturated carbocycles. The van der Waals surface area contributed by atoms with Crippen LogP contribution in [0.5, 0.6) is 0 Å². The van der Waals surface area contributed by atoms with Crippen LogP contribution in [0.15, 0.2) is 40.3 Å². The lowest BCUT2D eigenvalue weighted by atomic mass is 10.1.